The number of halogens is 2. The van der Waals surface area contributed by atoms with Crippen molar-refractivity contribution in [1.29, 1.82) is 0 Å². The minimum Gasteiger partial charge on any atom is -0.322 e. The van der Waals surface area contributed by atoms with Gasteiger partial charge >= 0.3 is 0 Å². The highest BCUT2D eigenvalue weighted by atomic mass is 79.9. The van der Waals surface area contributed by atoms with E-state index in [9.17, 15) is 9.18 Å². The summed E-state index contributed by atoms with van der Waals surface area (Å²) in [5.41, 5.74) is 5.02. The van der Waals surface area contributed by atoms with Gasteiger partial charge in [0.05, 0.1) is 11.2 Å². The van der Waals surface area contributed by atoms with Gasteiger partial charge in [-0.15, -0.1) is 0 Å². The van der Waals surface area contributed by atoms with E-state index in [-0.39, 0.29) is 11.6 Å². The van der Waals surface area contributed by atoms with Gasteiger partial charge in [0, 0.05) is 4.47 Å². The Kier molecular flexibility index (Phi) is 4.65. The number of hydrogen-bond acceptors (Lipinski definition) is 2. The third kappa shape index (κ3) is 3.78. The van der Waals surface area contributed by atoms with Crippen LogP contribution in [0.2, 0.25) is 0 Å². The molecule has 3 N–H and O–H groups in total. The lowest BCUT2D eigenvalue weighted by Crippen LogP contribution is -2.48. The second-order valence-electron chi connectivity index (χ2n) is 4.25. The molecule has 0 aromatic heterocycles. The molecule has 1 rings (SSSR count). The zero-order valence-corrected chi connectivity index (χ0v) is 11.5. The molecule has 1 aromatic rings. The van der Waals surface area contributed by atoms with Gasteiger partial charge in [0.1, 0.15) is 5.82 Å². The molecule has 0 saturated heterocycles. The summed E-state index contributed by atoms with van der Waals surface area (Å²) in [7, 11) is 0. The van der Waals surface area contributed by atoms with Crippen LogP contribution in [0.15, 0.2) is 22.7 Å². The summed E-state index contributed by atoms with van der Waals surface area (Å²) in [4.78, 5) is 11.8. The first kappa shape index (κ1) is 14.1. The van der Waals surface area contributed by atoms with Crippen molar-refractivity contribution in [3.8, 4) is 0 Å². The molecule has 1 unspecified atom stereocenters. The third-order valence-electron chi connectivity index (χ3n) is 2.47. The molecule has 0 fully saturated rings. The van der Waals surface area contributed by atoms with Gasteiger partial charge in [0.25, 0.3) is 0 Å². The minimum absolute atomic E-state index is 0.144. The number of nitrogens with one attached hydrogen (secondary N) is 1. The Hall–Kier alpha value is -0.940. The van der Waals surface area contributed by atoms with Crippen molar-refractivity contribution in [3.63, 3.8) is 0 Å². The first-order valence-corrected chi connectivity index (χ1v) is 6.21. The molecule has 1 amide bonds. The van der Waals surface area contributed by atoms with Crippen molar-refractivity contribution in [1.82, 2.24) is 0 Å². The van der Waals surface area contributed by atoms with E-state index in [0.29, 0.717) is 10.9 Å². The van der Waals surface area contributed by atoms with Crippen LogP contribution >= 0.6 is 15.9 Å². The molecular formula is C12H16BrFN2O. The molecule has 0 aliphatic heterocycles. The van der Waals surface area contributed by atoms with E-state index in [1.54, 1.807) is 13.0 Å². The summed E-state index contributed by atoms with van der Waals surface area (Å²) in [6.45, 7) is 3.58. The van der Waals surface area contributed by atoms with E-state index in [0.717, 1.165) is 6.42 Å². The molecule has 0 saturated carbocycles. The molecule has 0 radical (unpaired) electrons. The van der Waals surface area contributed by atoms with Gasteiger partial charge in [-0.05, 0) is 31.5 Å². The first-order chi connectivity index (χ1) is 7.86. The van der Waals surface area contributed by atoms with E-state index in [4.69, 9.17) is 5.73 Å². The van der Waals surface area contributed by atoms with Crippen LogP contribution in [-0.2, 0) is 4.79 Å². The Labute approximate surface area is 109 Å². The van der Waals surface area contributed by atoms with Crippen LogP contribution in [-0.4, -0.2) is 11.4 Å². The number of amides is 1. The van der Waals surface area contributed by atoms with Crippen LogP contribution in [0, 0.1) is 5.82 Å². The Morgan fingerprint density at radius 3 is 2.76 bits per heavy atom. The lowest BCUT2D eigenvalue weighted by atomic mass is 9.96. The van der Waals surface area contributed by atoms with Crippen molar-refractivity contribution < 1.29 is 9.18 Å². The Morgan fingerprint density at radius 1 is 1.59 bits per heavy atom. The van der Waals surface area contributed by atoms with Crippen LogP contribution in [0.25, 0.3) is 0 Å². The normalized spacial score (nSPS) is 14.2. The van der Waals surface area contributed by atoms with Gasteiger partial charge < -0.3 is 11.1 Å². The van der Waals surface area contributed by atoms with E-state index in [2.05, 4.69) is 21.2 Å². The predicted molar refractivity (Wildman–Crippen MR) is 70.2 cm³/mol. The summed E-state index contributed by atoms with van der Waals surface area (Å²) < 4.78 is 14.1. The van der Waals surface area contributed by atoms with Crippen molar-refractivity contribution in [2.24, 2.45) is 5.73 Å². The third-order valence-corrected chi connectivity index (χ3v) is 2.96. The number of hydrogen-bond donors (Lipinski definition) is 2. The lowest BCUT2D eigenvalue weighted by Gasteiger charge is -2.22. The molecule has 0 aliphatic carbocycles. The fraction of sp³-hybridized carbons (Fsp3) is 0.417. The summed E-state index contributed by atoms with van der Waals surface area (Å²) >= 11 is 3.15. The molecule has 0 spiro atoms. The van der Waals surface area contributed by atoms with Crippen LogP contribution < -0.4 is 11.1 Å². The van der Waals surface area contributed by atoms with Gasteiger partial charge in [-0.2, -0.15) is 0 Å². The number of nitrogens with two attached hydrogens (primary N) is 1. The standard InChI is InChI=1S/C12H16BrFN2O/c1-3-6-12(2,15)11(17)16-10-5-4-8(13)7-9(10)14/h4-5,7H,3,6,15H2,1-2H3,(H,16,17). The molecule has 94 valence electrons. The van der Waals surface area contributed by atoms with Crippen LogP contribution in [0.5, 0.6) is 0 Å². The monoisotopic (exact) mass is 302 g/mol. The molecule has 5 heteroatoms. The van der Waals surface area contributed by atoms with Gasteiger partial charge in [0.15, 0.2) is 0 Å². The van der Waals surface area contributed by atoms with E-state index in [1.165, 1.54) is 12.1 Å². The van der Waals surface area contributed by atoms with Gasteiger partial charge in [0.2, 0.25) is 5.91 Å². The van der Waals surface area contributed by atoms with Crippen molar-refractivity contribution in [2.45, 2.75) is 32.2 Å². The molecular weight excluding hydrogens is 287 g/mol. The highest BCUT2D eigenvalue weighted by Crippen LogP contribution is 2.21. The van der Waals surface area contributed by atoms with Crippen molar-refractivity contribution in [2.75, 3.05) is 5.32 Å². The molecule has 0 heterocycles. The molecule has 3 nitrogen and oxygen atoms in total. The lowest BCUT2D eigenvalue weighted by molar-refractivity contribution is -0.120. The average Bonchev–Trinajstić information content (AvgIpc) is 2.22. The second kappa shape index (κ2) is 5.60. The van der Waals surface area contributed by atoms with Crippen molar-refractivity contribution in [3.05, 3.63) is 28.5 Å². The zero-order chi connectivity index (χ0) is 13.1. The van der Waals surface area contributed by atoms with E-state index < -0.39 is 11.4 Å². The smallest absolute Gasteiger partial charge is 0.244 e. The largest absolute Gasteiger partial charge is 0.322 e. The first-order valence-electron chi connectivity index (χ1n) is 5.42. The molecule has 0 aliphatic rings. The van der Waals surface area contributed by atoms with Gasteiger partial charge in [-0.25, -0.2) is 4.39 Å². The zero-order valence-electron chi connectivity index (χ0n) is 9.89. The highest BCUT2D eigenvalue weighted by Gasteiger charge is 2.27. The summed E-state index contributed by atoms with van der Waals surface area (Å²) in [6, 6.07) is 4.45. The molecule has 1 atom stereocenters. The summed E-state index contributed by atoms with van der Waals surface area (Å²) in [5, 5.41) is 2.50. The minimum atomic E-state index is -0.978. The van der Waals surface area contributed by atoms with Gasteiger partial charge in [-0.3, -0.25) is 4.79 Å². The quantitative estimate of drug-likeness (QED) is 0.898. The fourth-order valence-corrected chi connectivity index (χ4v) is 1.82. The number of rotatable bonds is 4. The predicted octanol–water partition coefficient (Wildman–Crippen LogP) is 3.04. The van der Waals surface area contributed by atoms with E-state index >= 15 is 0 Å². The Bertz CT molecular complexity index is 421. The molecule has 17 heavy (non-hydrogen) atoms. The van der Waals surface area contributed by atoms with Crippen LogP contribution in [0.3, 0.4) is 0 Å². The number of carbonyl (C=O) groups excluding carboxylic acids is 1. The summed E-state index contributed by atoms with van der Waals surface area (Å²) in [6.07, 6.45) is 1.35. The number of anilines is 1. The Morgan fingerprint density at radius 2 is 2.24 bits per heavy atom. The molecule has 0 bridgehead atoms. The second-order valence-corrected chi connectivity index (χ2v) is 5.16. The Balaban J connectivity index is 2.81. The topological polar surface area (TPSA) is 55.1 Å². The maximum absolute atomic E-state index is 13.5. The van der Waals surface area contributed by atoms with Gasteiger partial charge in [-0.1, -0.05) is 29.3 Å². The SMILES string of the molecule is CCCC(C)(N)C(=O)Nc1ccc(Br)cc1F. The number of benzene rings is 1. The highest BCUT2D eigenvalue weighted by molar-refractivity contribution is 9.10. The maximum Gasteiger partial charge on any atom is 0.244 e. The number of carbonyl (C=O) groups is 1. The maximum atomic E-state index is 13.5. The van der Waals surface area contributed by atoms with Crippen molar-refractivity contribution >= 4 is 27.5 Å². The van der Waals surface area contributed by atoms with Crippen LogP contribution in [0.4, 0.5) is 10.1 Å². The summed E-state index contributed by atoms with van der Waals surface area (Å²) in [5.74, 6) is -0.861. The molecule has 1 aromatic carbocycles. The van der Waals surface area contributed by atoms with E-state index in [1.807, 2.05) is 6.92 Å². The fourth-order valence-electron chi connectivity index (χ4n) is 1.49. The average molecular weight is 303 g/mol. The van der Waals surface area contributed by atoms with Crippen LogP contribution in [0.1, 0.15) is 26.7 Å².